The molecule has 0 unspecified atom stereocenters. The second-order valence-corrected chi connectivity index (χ2v) is 7.46. The fourth-order valence-corrected chi connectivity index (χ4v) is 3.15. The van der Waals surface area contributed by atoms with Gasteiger partial charge in [0.05, 0.1) is 0 Å². The zero-order valence-corrected chi connectivity index (χ0v) is 18.3. The van der Waals surface area contributed by atoms with Crippen molar-refractivity contribution in [1.82, 2.24) is 14.5 Å². The second-order valence-electron chi connectivity index (χ2n) is 7.46. The number of hydrogen-bond acceptors (Lipinski definition) is 5. The van der Waals surface area contributed by atoms with Crippen LogP contribution in [0.15, 0.2) is 9.59 Å². The summed E-state index contributed by atoms with van der Waals surface area (Å²) in [6, 6.07) is 0. The molecule has 1 rings (SSSR count). The number of aromatic amines is 1. The van der Waals surface area contributed by atoms with Crippen molar-refractivity contribution in [1.29, 1.82) is 0 Å². The van der Waals surface area contributed by atoms with E-state index in [2.05, 4.69) is 4.98 Å². The van der Waals surface area contributed by atoms with E-state index in [9.17, 15) is 19.2 Å². The van der Waals surface area contributed by atoms with Gasteiger partial charge in [-0.3, -0.25) is 23.9 Å². The Hall–Kier alpha value is -2.58. The normalized spacial score (nSPS) is 11.0. The highest BCUT2D eigenvalue weighted by atomic mass is 16.2. The van der Waals surface area contributed by atoms with Gasteiger partial charge in [0.1, 0.15) is 5.82 Å². The molecule has 1 aromatic heterocycles. The molecule has 0 radical (unpaired) electrons. The van der Waals surface area contributed by atoms with Gasteiger partial charge in [-0.2, -0.15) is 0 Å². The van der Waals surface area contributed by atoms with Crippen LogP contribution in [-0.4, -0.2) is 45.9 Å². The van der Waals surface area contributed by atoms with Crippen LogP contribution in [0.1, 0.15) is 60.3 Å². The van der Waals surface area contributed by atoms with E-state index in [0.717, 1.165) is 6.42 Å². The average molecular weight is 410 g/mol. The molecule has 164 valence electrons. The molecule has 2 amide bonds. The summed E-state index contributed by atoms with van der Waals surface area (Å²) in [4.78, 5) is 55.2. The van der Waals surface area contributed by atoms with Crippen molar-refractivity contribution >= 4 is 23.3 Å². The van der Waals surface area contributed by atoms with E-state index in [1.165, 1.54) is 9.47 Å². The molecule has 3 N–H and O–H groups in total. The number of nitrogen functional groups attached to an aromatic ring is 1. The molecule has 0 aliphatic carbocycles. The minimum atomic E-state index is -0.688. The van der Waals surface area contributed by atoms with Crippen LogP contribution in [0.2, 0.25) is 0 Å². The van der Waals surface area contributed by atoms with Gasteiger partial charge in [-0.15, -0.1) is 0 Å². The van der Waals surface area contributed by atoms with Crippen molar-refractivity contribution in [2.45, 2.75) is 66.8 Å². The fraction of sp³-hybridized carbons (Fsp3) is 0.700. The number of nitrogens with one attached hydrogen (secondary N) is 1. The summed E-state index contributed by atoms with van der Waals surface area (Å²) in [6.07, 6.45) is 1.51. The maximum absolute atomic E-state index is 12.9. The second kappa shape index (κ2) is 11.4. The van der Waals surface area contributed by atoms with Gasteiger partial charge in [-0.05, 0) is 26.2 Å². The third-order valence-corrected chi connectivity index (χ3v) is 4.74. The molecule has 0 spiro atoms. The fourth-order valence-electron chi connectivity index (χ4n) is 3.15. The summed E-state index contributed by atoms with van der Waals surface area (Å²) in [6.45, 7) is 11.4. The Morgan fingerprint density at radius 1 is 1.07 bits per heavy atom. The van der Waals surface area contributed by atoms with Crippen LogP contribution in [0, 0.1) is 5.92 Å². The van der Waals surface area contributed by atoms with Crippen LogP contribution in [0.3, 0.4) is 0 Å². The van der Waals surface area contributed by atoms with Crippen molar-refractivity contribution in [2.75, 3.05) is 30.3 Å². The molecule has 0 aliphatic rings. The van der Waals surface area contributed by atoms with Gasteiger partial charge in [0, 0.05) is 39.0 Å². The first-order valence-corrected chi connectivity index (χ1v) is 10.4. The molecular weight excluding hydrogens is 374 g/mol. The minimum Gasteiger partial charge on any atom is -0.383 e. The van der Waals surface area contributed by atoms with Crippen LogP contribution in [0.5, 0.6) is 0 Å². The van der Waals surface area contributed by atoms with Crippen LogP contribution < -0.4 is 21.9 Å². The third kappa shape index (κ3) is 6.47. The number of carbonyl (C=O) groups is 2. The summed E-state index contributed by atoms with van der Waals surface area (Å²) in [7, 11) is 0. The number of anilines is 2. The molecule has 0 bridgehead atoms. The maximum atomic E-state index is 12.9. The molecule has 9 nitrogen and oxygen atoms in total. The number of unbranched alkanes of at least 4 members (excludes halogenated alkanes) is 1. The molecule has 0 aromatic carbocycles. The Bertz CT molecular complexity index is 808. The summed E-state index contributed by atoms with van der Waals surface area (Å²) >= 11 is 0. The van der Waals surface area contributed by atoms with Crippen molar-refractivity contribution in [3.63, 3.8) is 0 Å². The summed E-state index contributed by atoms with van der Waals surface area (Å²) in [5.74, 6) is -0.358. The van der Waals surface area contributed by atoms with Crippen molar-refractivity contribution in [3.8, 4) is 0 Å². The van der Waals surface area contributed by atoms with E-state index >= 15 is 0 Å². The summed E-state index contributed by atoms with van der Waals surface area (Å²) in [5, 5.41) is 0. The number of aromatic nitrogens is 2. The van der Waals surface area contributed by atoms with E-state index in [4.69, 9.17) is 5.73 Å². The molecule has 0 saturated heterocycles. The standard InChI is InChI=1S/C20H35N5O4/c1-6-9-12-24(16(27)11-10-15(26)23(7-2)8-3)17-18(21)25(13-14(4)5)20(29)22-19(17)28/h14H,6-13,21H2,1-5H3,(H,22,28,29). The molecule has 0 atom stereocenters. The number of nitrogens with two attached hydrogens (primary N) is 1. The number of nitrogens with zero attached hydrogens (tertiary/aromatic N) is 3. The summed E-state index contributed by atoms with van der Waals surface area (Å²) in [5.41, 5.74) is 4.87. The van der Waals surface area contributed by atoms with E-state index in [0.29, 0.717) is 32.6 Å². The van der Waals surface area contributed by atoms with E-state index < -0.39 is 11.2 Å². The van der Waals surface area contributed by atoms with Gasteiger partial charge in [0.15, 0.2) is 5.69 Å². The molecule has 1 aromatic rings. The smallest absolute Gasteiger partial charge is 0.330 e. The minimum absolute atomic E-state index is 0.0148. The zero-order valence-electron chi connectivity index (χ0n) is 18.3. The highest BCUT2D eigenvalue weighted by Gasteiger charge is 2.25. The van der Waals surface area contributed by atoms with E-state index in [-0.39, 0.29) is 42.1 Å². The molecule has 9 heteroatoms. The van der Waals surface area contributed by atoms with Crippen LogP contribution >= 0.6 is 0 Å². The van der Waals surface area contributed by atoms with Gasteiger partial charge < -0.3 is 15.5 Å². The Labute approximate surface area is 171 Å². The summed E-state index contributed by atoms with van der Waals surface area (Å²) < 4.78 is 1.29. The van der Waals surface area contributed by atoms with Gasteiger partial charge in [-0.1, -0.05) is 27.2 Å². The number of hydrogen-bond donors (Lipinski definition) is 2. The van der Waals surface area contributed by atoms with Crippen LogP contribution in [-0.2, 0) is 16.1 Å². The van der Waals surface area contributed by atoms with Gasteiger partial charge in [0.25, 0.3) is 5.56 Å². The number of rotatable bonds is 11. The lowest BCUT2D eigenvalue weighted by Gasteiger charge is -2.25. The SMILES string of the molecule is CCCCN(C(=O)CCC(=O)N(CC)CC)c1c(N)n(CC(C)C)c(=O)[nH]c1=O. The monoisotopic (exact) mass is 409 g/mol. The Kier molecular flexibility index (Phi) is 9.64. The quantitative estimate of drug-likeness (QED) is 0.574. The highest BCUT2D eigenvalue weighted by molar-refractivity contribution is 5.97. The molecule has 29 heavy (non-hydrogen) atoms. The first-order valence-electron chi connectivity index (χ1n) is 10.4. The van der Waals surface area contributed by atoms with Gasteiger partial charge in [0.2, 0.25) is 11.8 Å². The predicted octanol–water partition coefficient (Wildman–Crippen LogP) is 1.56. The maximum Gasteiger partial charge on any atom is 0.330 e. The number of carbonyl (C=O) groups excluding carboxylic acids is 2. The first kappa shape index (κ1) is 24.5. The van der Waals surface area contributed by atoms with E-state index in [1.54, 1.807) is 4.90 Å². The lowest BCUT2D eigenvalue weighted by Crippen LogP contribution is -2.42. The number of amides is 2. The van der Waals surface area contributed by atoms with Crippen LogP contribution in [0.4, 0.5) is 11.5 Å². The van der Waals surface area contributed by atoms with Crippen LogP contribution in [0.25, 0.3) is 0 Å². The molecule has 0 saturated carbocycles. The lowest BCUT2D eigenvalue weighted by molar-refractivity contribution is -0.132. The van der Waals surface area contributed by atoms with Crippen molar-refractivity contribution in [3.05, 3.63) is 20.8 Å². The predicted molar refractivity (Wildman–Crippen MR) is 115 cm³/mol. The van der Waals surface area contributed by atoms with Crippen molar-refractivity contribution in [2.24, 2.45) is 5.92 Å². The Balaban J connectivity index is 3.24. The topological polar surface area (TPSA) is 121 Å². The largest absolute Gasteiger partial charge is 0.383 e. The van der Waals surface area contributed by atoms with Gasteiger partial charge in [-0.25, -0.2) is 4.79 Å². The first-order chi connectivity index (χ1) is 13.7. The molecular formula is C20H35N5O4. The molecule has 0 aliphatic heterocycles. The molecule has 0 fully saturated rings. The third-order valence-electron chi connectivity index (χ3n) is 4.74. The Morgan fingerprint density at radius 2 is 1.66 bits per heavy atom. The van der Waals surface area contributed by atoms with Gasteiger partial charge >= 0.3 is 5.69 Å². The van der Waals surface area contributed by atoms with E-state index in [1.807, 2.05) is 34.6 Å². The Morgan fingerprint density at radius 3 is 2.17 bits per heavy atom. The highest BCUT2D eigenvalue weighted by Crippen LogP contribution is 2.20. The zero-order chi connectivity index (χ0) is 22.1. The molecule has 1 heterocycles. The van der Waals surface area contributed by atoms with Crippen molar-refractivity contribution < 1.29 is 9.59 Å². The average Bonchev–Trinajstić information content (AvgIpc) is 2.66. The number of H-pyrrole nitrogens is 1. The lowest BCUT2D eigenvalue weighted by atomic mass is 10.2.